The summed E-state index contributed by atoms with van der Waals surface area (Å²) in [7, 11) is 1.82. The first-order valence-corrected chi connectivity index (χ1v) is 8.96. The summed E-state index contributed by atoms with van der Waals surface area (Å²) in [6, 6.07) is 14.6. The molecule has 0 aliphatic rings. The third kappa shape index (κ3) is 2.28. The monoisotopic (exact) mass is 356 g/mol. The van der Waals surface area contributed by atoms with E-state index in [4.69, 9.17) is 8.53 Å². The largest absolute Gasteiger partial charge is 0.454 e. The second kappa shape index (κ2) is 5.65. The minimum atomic E-state index is -2.20. The highest BCUT2D eigenvalue weighted by Gasteiger charge is 2.24. The number of fused-ring (bicyclic) bond motifs is 5. The van der Waals surface area contributed by atoms with Crippen LogP contribution in [0.3, 0.4) is 0 Å². The molecule has 3 nitrogen and oxygen atoms in total. The number of rotatable bonds is 1. The fraction of sp³-hybridized carbons (Fsp3) is 0.167. The van der Waals surface area contributed by atoms with E-state index in [2.05, 4.69) is 49.2 Å². The van der Waals surface area contributed by atoms with E-state index in [9.17, 15) is 0 Å². The summed E-state index contributed by atoms with van der Waals surface area (Å²) in [5.74, 6) is 0.678. The summed E-state index contributed by atoms with van der Waals surface area (Å²) in [4.78, 5) is 4.54. The van der Waals surface area contributed by atoms with E-state index in [0.717, 1.165) is 49.4 Å². The van der Waals surface area contributed by atoms with Gasteiger partial charge in [0, 0.05) is 25.8 Å². The minimum Gasteiger partial charge on any atom is -0.454 e. The molecule has 0 bridgehead atoms. The highest BCUT2D eigenvalue weighted by Crippen LogP contribution is 2.40. The number of hydrogen-bond donors (Lipinski definition) is 0. The maximum atomic E-state index is 7.66. The topological polar surface area (TPSA) is 29.9 Å². The van der Waals surface area contributed by atoms with Crippen molar-refractivity contribution in [2.45, 2.75) is 20.7 Å². The van der Waals surface area contributed by atoms with Crippen LogP contribution in [0.2, 0.25) is 0 Å². The van der Waals surface area contributed by atoms with E-state index in [1.54, 1.807) is 10.8 Å². The van der Waals surface area contributed by atoms with Crippen molar-refractivity contribution < 1.29 is 13.1 Å². The molecule has 5 aromatic rings. The molecule has 0 saturated heterocycles. The van der Waals surface area contributed by atoms with Crippen molar-refractivity contribution in [1.82, 2.24) is 4.98 Å². The number of aromatic nitrogens is 2. The van der Waals surface area contributed by atoms with Crippen molar-refractivity contribution in [3.63, 3.8) is 0 Å². The molecule has 0 unspecified atom stereocenters. The first kappa shape index (κ1) is 13.0. The zero-order valence-corrected chi connectivity index (χ0v) is 15.5. The summed E-state index contributed by atoms with van der Waals surface area (Å²) in [5.41, 5.74) is 4.94. The lowest BCUT2D eigenvalue weighted by Gasteiger charge is -2.07. The Bertz CT molecular complexity index is 1470. The van der Waals surface area contributed by atoms with Gasteiger partial charge >= 0.3 is 5.82 Å². The molecule has 0 fully saturated rings. The van der Waals surface area contributed by atoms with Gasteiger partial charge in [-0.1, -0.05) is 30.3 Å². The second-order valence-corrected chi connectivity index (χ2v) is 7.11. The fourth-order valence-electron chi connectivity index (χ4n) is 3.90. The minimum absolute atomic E-state index is 0.214. The van der Waals surface area contributed by atoms with Gasteiger partial charge in [0.1, 0.15) is 17.3 Å². The average molecular weight is 356 g/mol. The number of hydrogen-bond acceptors (Lipinski definition) is 2. The third-order valence-corrected chi connectivity index (χ3v) is 5.39. The fourth-order valence-corrected chi connectivity index (χ4v) is 3.90. The highest BCUT2D eigenvalue weighted by molar-refractivity contribution is 6.17. The molecule has 0 radical (unpaired) electrons. The van der Waals surface area contributed by atoms with Crippen LogP contribution in [0.1, 0.15) is 20.8 Å². The second-order valence-electron chi connectivity index (χ2n) is 7.11. The predicted octanol–water partition coefficient (Wildman–Crippen LogP) is 5.55. The molecule has 0 spiro atoms. The van der Waals surface area contributed by atoms with Gasteiger partial charge in [0.05, 0.1) is 13.2 Å². The van der Waals surface area contributed by atoms with Crippen LogP contribution in [-0.4, -0.2) is 4.98 Å². The van der Waals surface area contributed by atoms with Gasteiger partial charge in [-0.25, -0.2) is 4.57 Å². The molecule has 0 saturated carbocycles. The van der Waals surface area contributed by atoms with Crippen LogP contribution in [0.4, 0.5) is 0 Å². The molecule has 0 aliphatic carbocycles. The number of furan rings is 1. The predicted molar refractivity (Wildman–Crippen MR) is 110 cm³/mol. The van der Waals surface area contributed by atoms with Crippen molar-refractivity contribution >= 4 is 32.7 Å². The van der Waals surface area contributed by atoms with Crippen LogP contribution in [-0.2, 0) is 7.05 Å². The quantitative estimate of drug-likeness (QED) is 0.369. The van der Waals surface area contributed by atoms with E-state index < -0.39 is 6.85 Å². The van der Waals surface area contributed by atoms with Crippen molar-refractivity contribution in [2.75, 3.05) is 0 Å². The molecule has 0 atom stereocenters. The molecular formula is C24H21N2O+. The molecule has 2 heterocycles. The normalized spacial score (nSPS) is 13.8. The lowest BCUT2D eigenvalue weighted by molar-refractivity contribution is -0.663. The van der Waals surface area contributed by atoms with Crippen molar-refractivity contribution in [2.24, 2.45) is 7.05 Å². The first-order valence-electron chi connectivity index (χ1n) is 10.5. The third-order valence-electron chi connectivity index (χ3n) is 5.39. The summed E-state index contributed by atoms with van der Waals surface area (Å²) in [6.07, 6.45) is 3.06. The Morgan fingerprint density at radius 1 is 1.00 bits per heavy atom. The number of benzene rings is 3. The van der Waals surface area contributed by atoms with Gasteiger partial charge in [0.25, 0.3) is 0 Å². The van der Waals surface area contributed by atoms with Gasteiger partial charge in [-0.05, 0) is 54.3 Å². The van der Waals surface area contributed by atoms with E-state index in [1.807, 2.05) is 19.2 Å². The van der Waals surface area contributed by atoms with Gasteiger partial charge in [-0.2, -0.15) is 0 Å². The van der Waals surface area contributed by atoms with Crippen molar-refractivity contribution in [1.29, 1.82) is 0 Å². The Kier molecular flexibility index (Phi) is 2.73. The Hall–Kier alpha value is -3.20. The van der Waals surface area contributed by atoms with Crippen LogP contribution in [0.5, 0.6) is 0 Å². The van der Waals surface area contributed by atoms with Crippen LogP contribution >= 0.6 is 0 Å². The maximum Gasteiger partial charge on any atom is 0.334 e. The Morgan fingerprint density at radius 2 is 1.85 bits per heavy atom. The zero-order valence-electron chi connectivity index (χ0n) is 18.5. The van der Waals surface area contributed by atoms with Crippen LogP contribution in [0.15, 0.2) is 59.3 Å². The Balaban J connectivity index is 1.88. The van der Waals surface area contributed by atoms with E-state index in [-0.39, 0.29) is 5.56 Å². The molecule has 3 aromatic carbocycles. The molecule has 5 rings (SSSR count). The summed E-state index contributed by atoms with van der Waals surface area (Å²) >= 11 is 0. The van der Waals surface area contributed by atoms with Crippen LogP contribution < -0.4 is 4.57 Å². The molecular weight excluding hydrogens is 332 g/mol. The zero-order chi connectivity index (χ0) is 21.2. The molecule has 2 aromatic heterocycles. The van der Waals surface area contributed by atoms with Gasteiger partial charge < -0.3 is 4.42 Å². The van der Waals surface area contributed by atoms with E-state index >= 15 is 0 Å². The molecule has 3 heteroatoms. The molecule has 0 N–H and O–H groups in total. The Labute approximate surface area is 162 Å². The van der Waals surface area contributed by atoms with Gasteiger partial charge in [0.15, 0.2) is 5.58 Å². The summed E-state index contributed by atoms with van der Waals surface area (Å²) in [6.45, 7) is 1.93. The number of nitrogens with zero attached hydrogens (tertiary/aromatic N) is 2. The summed E-state index contributed by atoms with van der Waals surface area (Å²) < 4.78 is 31.2. The molecule has 0 amide bonds. The highest BCUT2D eigenvalue weighted by atomic mass is 16.3. The van der Waals surface area contributed by atoms with Crippen molar-refractivity contribution in [3.8, 4) is 11.4 Å². The first-order chi connectivity index (χ1) is 14.3. The lowest BCUT2D eigenvalue weighted by Crippen LogP contribution is -2.32. The van der Waals surface area contributed by atoms with Crippen LogP contribution in [0, 0.1) is 20.7 Å². The average Bonchev–Trinajstić information content (AvgIpc) is 3.07. The van der Waals surface area contributed by atoms with Gasteiger partial charge in [0.2, 0.25) is 0 Å². The number of aryl methyl sites for hydroxylation is 3. The van der Waals surface area contributed by atoms with Crippen molar-refractivity contribution in [3.05, 3.63) is 71.5 Å². The van der Waals surface area contributed by atoms with Crippen LogP contribution in [0.25, 0.3) is 44.1 Å². The standard InChI is InChI=1S/C24H21N2O/c1-14-12-25-24(26(4)13-14)21-16(3)15(2)11-20-19-10-9-17-7-5-6-8-18(17)22(19)27-23(20)21/h5-13H,1-4H3/q+1/i1D3. The van der Waals surface area contributed by atoms with Gasteiger partial charge in [-0.3, -0.25) is 0 Å². The Morgan fingerprint density at radius 3 is 2.67 bits per heavy atom. The van der Waals surface area contributed by atoms with Gasteiger partial charge in [-0.15, -0.1) is 0 Å². The summed E-state index contributed by atoms with van der Waals surface area (Å²) in [5, 5.41) is 4.30. The lowest BCUT2D eigenvalue weighted by atomic mass is 9.97. The molecule has 132 valence electrons. The molecule has 0 aliphatic heterocycles. The van der Waals surface area contributed by atoms with E-state index in [1.165, 1.54) is 6.20 Å². The van der Waals surface area contributed by atoms with E-state index in [0.29, 0.717) is 5.82 Å². The SMILES string of the molecule is [2H]C([2H])([2H])c1cnc(-c2c(C)c(C)cc3c2oc2c4ccccc4ccc32)[n+](C)c1. The smallest absolute Gasteiger partial charge is 0.334 e. The molecule has 27 heavy (non-hydrogen) atoms. The maximum absolute atomic E-state index is 7.66.